The van der Waals surface area contributed by atoms with Crippen LogP contribution in [0.5, 0.6) is 0 Å². The highest BCUT2D eigenvalue weighted by atomic mass is 16.5. The first-order valence-corrected chi connectivity index (χ1v) is 6.25. The lowest BCUT2D eigenvalue weighted by Gasteiger charge is -2.13. The van der Waals surface area contributed by atoms with Crippen molar-refractivity contribution in [3.05, 3.63) is 29.5 Å². The predicted molar refractivity (Wildman–Crippen MR) is 70.1 cm³/mol. The smallest absolute Gasteiger partial charge is 0.322 e. The summed E-state index contributed by atoms with van der Waals surface area (Å²) in [6.45, 7) is 6.37. The Balaban J connectivity index is 2.11. The van der Waals surface area contributed by atoms with Gasteiger partial charge in [-0.25, -0.2) is 0 Å². The van der Waals surface area contributed by atoms with Crippen LogP contribution in [-0.2, 0) is 4.74 Å². The van der Waals surface area contributed by atoms with E-state index >= 15 is 0 Å². The van der Waals surface area contributed by atoms with Gasteiger partial charge >= 0.3 is 6.01 Å². The highest BCUT2D eigenvalue weighted by Crippen LogP contribution is 2.22. The average molecular weight is 265 g/mol. The van der Waals surface area contributed by atoms with Crippen molar-refractivity contribution >= 4 is 6.01 Å². The van der Waals surface area contributed by atoms with E-state index in [1.165, 1.54) is 0 Å². The van der Waals surface area contributed by atoms with Crippen molar-refractivity contribution in [2.45, 2.75) is 32.7 Å². The minimum absolute atomic E-state index is 0.154. The van der Waals surface area contributed by atoms with Gasteiger partial charge in [0, 0.05) is 13.0 Å². The van der Waals surface area contributed by atoms with E-state index in [4.69, 9.17) is 13.7 Å². The molecule has 0 radical (unpaired) electrons. The van der Waals surface area contributed by atoms with Gasteiger partial charge in [0.1, 0.15) is 17.6 Å². The molecule has 1 unspecified atom stereocenters. The third kappa shape index (κ3) is 3.35. The number of nitrogens with zero attached hydrogens (tertiary/aromatic N) is 2. The summed E-state index contributed by atoms with van der Waals surface area (Å²) in [6.07, 6.45) is 0. The van der Waals surface area contributed by atoms with Gasteiger partial charge in [-0.3, -0.25) is 0 Å². The van der Waals surface area contributed by atoms with E-state index in [2.05, 4.69) is 15.5 Å². The molecule has 0 amide bonds. The van der Waals surface area contributed by atoms with Gasteiger partial charge in [-0.2, -0.15) is 4.98 Å². The van der Waals surface area contributed by atoms with Gasteiger partial charge in [0.25, 0.3) is 0 Å². The molecule has 0 spiro atoms. The first-order valence-electron chi connectivity index (χ1n) is 6.25. The van der Waals surface area contributed by atoms with Gasteiger partial charge in [0.15, 0.2) is 5.82 Å². The third-order valence-electron chi connectivity index (χ3n) is 2.69. The molecule has 0 aliphatic carbocycles. The van der Waals surface area contributed by atoms with Gasteiger partial charge in [-0.05, 0) is 19.1 Å². The Labute approximate surface area is 112 Å². The van der Waals surface area contributed by atoms with Crippen LogP contribution in [0.4, 0.5) is 6.01 Å². The summed E-state index contributed by atoms with van der Waals surface area (Å²) < 4.78 is 15.9. The predicted octanol–water partition coefficient (Wildman–Crippen LogP) is 2.89. The van der Waals surface area contributed by atoms with Crippen LogP contribution in [-0.4, -0.2) is 23.9 Å². The van der Waals surface area contributed by atoms with Crippen molar-refractivity contribution in [2.75, 3.05) is 19.0 Å². The zero-order valence-electron chi connectivity index (χ0n) is 11.6. The summed E-state index contributed by atoms with van der Waals surface area (Å²) in [4.78, 5) is 4.28. The number of ether oxygens (including phenoxy) is 1. The molecule has 0 fully saturated rings. The summed E-state index contributed by atoms with van der Waals surface area (Å²) >= 11 is 0. The zero-order chi connectivity index (χ0) is 13.8. The van der Waals surface area contributed by atoms with Gasteiger partial charge < -0.3 is 19.0 Å². The van der Waals surface area contributed by atoms with Crippen molar-refractivity contribution in [1.29, 1.82) is 0 Å². The molecule has 104 valence electrons. The lowest BCUT2D eigenvalue weighted by molar-refractivity contribution is 0.177. The molecule has 2 aromatic rings. The SMILES string of the molecule is COCC(Nc1nc(C(C)C)no1)c1ccc(C)o1. The molecule has 0 aromatic carbocycles. The molecule has 2 heterocycles. The number of aryl methyl sites for hydroxylation is 1. The molecule has 6 nitrogen and oxygen atoms in total. The maximum atomic E-state index is 5.59. The number of furan rings is 1. The van der Waals surface area contributed by atoms with Crippen LogP contribution >= 0.6 is 0 Å². The molecular formula is C13H19N3O3. The molecule has 0 bridgehead atoms. The molecule has 6 heteroatoms. The Morgan fingerprint density at radius 3 is 2.68 bits per heavy atom. The van der Waals surface area contributed by atoms with Crippen LogP contribution in [0.2, 0.25) is 0 Å². The Bertz CT molecular complexity index is 519. The molecule has 1 atom stereocenters. The Kier molecular flexibility index (Phi) is 4.21. The first kappa shape index (κ1) is 13.6. The van der Waals surface area contributed by atoms with E-state index in [1.807, 2.05) is 32.9 Å². The maximum Gasteiger partial charge on any atom is 0.322 e. The van der Waals surface area contributed by atoms with E-state index < -0.39 is 0 Å². The van der Waals surface area contributed by atoms with E-state index in [9.17, 15) is 0 Å². The Morgan fingerprint density at radius 2 is 2.16 bits per heavy atom. The Morgan fingerprint density at radius 1 is 1.37 bits per heavy atom. The lowest BCUT2D eigenvalue weighted by Crippen LogP contribution is -2.15. The summed E-state index contributed by atoms with van der Waals surface area (Å²) in [6, 6.07) is 4.04. The lowest BCUT2D eigenvalue weighted by atomic mass is 10.2. The molecular weight excluding hydrogens is 246 g/mol. The van der Waals surface area contributed by atoms with Crippen LogP contribution in [0.15, 0.2) is 21.1 Å². The summed E-state index contributed by atoms with van der Waals surface area (Å²) in [5.74, 6) is 2.54. The van der Waals surface area contributed by atoms with E-state index in [1.54, 1.807) is 7.11 Å². The summed E-state index contributed by atoms with van der Waals surface area (Å²) in [7, 11) is 1.64. The highest BCUT2D eigenvalue weighted by Gasteiger charge is 2.18. The molecule has 19 heavy (non-hydrogen) atoms. The number of hydrogen-bond donors (Lipinski definition) is 1. The van der Waals surface area contributed by atoms with Crippen LogP contribution < -0.4 is 5.32 Å². The van der Waals surface area contributed by atoms with Gasteiger partial charge in [-0.1, -0.05) is 19.0 Å². The number of anilines is 1. The second-order valence-corrected chi connectivity index (χ2v) is 4.71. The average Bonchev–Trinajstić information content (AvgIpc) is 2.97. The van der Waals surface area contributed by atoms with E-state index in [-0.39, 0.29) is 12.0 Å². The second-order valence-electron chi connectivity index (χ2n) is 4.71. The molecule has 0 aliphatic rings. The molecule has 0 saturated heterocycles. The second kappa shape index (κ2) is 5.88. The molecule has 2 aromatic heterocycles. The van der Waals surface area contributed by atoms with Gasteiger partial charge in [-0.15, -0.1) is 0 Å². The van der Waals surface area contributed by atoms with Gasteiger partial charge in [0.2, 0.25) is 0 Å². The molecule has 0 saturated carbocycles. The third-order valence-corrected chi connectivity index (χ3v) is 2.69. The molecule has 1 N–H and O–H groups in total. The van der Waals surface area contributed by atoms with Crippen molar-refractivity contribution in [1.82, 2.24) is 10.1 Å². The quantitative estimate of drug-likeness (QED) is 0.865. The number of aromatic nitrogens is 2. The van der Waals surface area contributed by atoms with Crippen LogP contribution in [0.3, 0.4) is 0 Å². The minimum atomic E-state index is -0.154. The normalized spacial score (nSPS) is 12.9. The molecule has 0 aliphatic heterocycles. The maximum absolute atomic E-state index is 5.59. The summed E-state index contributed by atoms with van der Waals surface area (Å²) in [5, 5.41) is 7.03. The van der Waals surface area contributed by atoms with Crippen molar-refractivity contribution in [2.24, 2.45) is 0 Å². The van der Waals surface area contributed by atoms with Crippen molar-refractivity contribution < 1.29 is 13.7 Å². The van der Waals surface area contributed by atoms with Crippen LogP contribution in [0, 0.1) is 6.92 Å². The van der Waals surface area contributed by atoms with E-state index in [0.29, 0.717) is 18.4 Å². The van der Waals surface area contributed by atoms with Crippen molar-refractivity contribution in [3.63, 3.8) is 0 Å². The largest absolute Gasteiger partial charge is 0.464 e. The van der Waals surface area contributed by atoms with Crippen molar-refractivity contribution in [3.8, 4) is 0 Å². The van der Waals surface area contributed by atoms with Crippen LogP contribution in [0.1, 0.15) is 43.2 Å². The zero-order valence-corrected chi connectivity index (χ0v) is 11.6. The molecule has 2 rings (SSSR count). The standard InChI is InChI=1S/C13H19N3O3/c1-8(2)12-15-13(19-16-12)14-10(7-17-4)11-6-5-9(3)18-11/h5-6,8,10H,7H2,1-4H3,(H,14,15,16). The monoisotopic (exact) mass is 265 g/mol. The number of methoxy groups -OCH3 is 1. The fourth-order valence-electron chi connectivity index (χ4n) is 1.68. The fraction of sp³-hybridized carbons (Fsp3) is 0.538. The minimum Gasteiger partial charge on any atom is -0.464 e. The van der Waals surface area contributed by atoms with Gasteiger partial charge in [0.05, 0.1) is 6.61 Å². The van der Waals surface area contributed by atoms with E-state index in [0.717, 1.165) is 11.5 Å². The number of nitrogens with one attached hydrogen (secondary N) is 1. The highest BCUT2D eigenvalue weighted by molar-refractivity contribution is 5.26. The first-order chi connectivity index (χ1) is 9.10. The fourth-order valence-corrected chi connectivity index (χ4v) is 1.68. The summed E-state index contributed by atoms with van der Waals surface area (Å²) in [5.41, 5.74) is 0. The topological polar surface area (TPSA) is 73.3 Å². The Hall–Kier alpha value is -1.82. The van der Waals surface area contributed by atoms with Crippen LogP contribution in [0.25, 0.3) is 0 Å². The number of hydrogen-bond acceptors (Lipinski definition) is 6. The number of rotatable bonds is 6.